The van der Waals surface area contributed by atoms with E-state index in [1.807, 2.05) is 36.4 Å². The van der Waals surface area contributed by atoms with Gasteiger partial charge in [-0.25, -0.2) is 4.79 Å². The predicted octanol–water partition coefficient (Wildman–Crippen LogP) is 3.32. The molecule has 20 heavy (non-hydrogen) atoms. The van der Waals surface area contributed by atoms with E-state index in [1.54, 1.807) is 12.1 Å². The molecule has 3 N–H and O–H groups in total. The van der Waals surface area contributed by atoms with Crippen molar-refractivity contribution in [1.82, 2.24) is 0 Å². The Balaban J connectivity index is 2.16. The second kappa shape index (κ2) is 6.55. The Kier molecular flexibility index (Phi) is 4.77. The van der Waals surface area contributed by atoms with Gasteiger partial charge in [0.2, 0.25) is 0 Å². The minimum absolute atomic E-state index is 0.171. The quantitative estimate of drug-likeness (QED) is 0.887. The highest BCUT2D eigenvalue weighted by Gasteiger charge is 2.11. The Morgan fingerprint density at radius 3 is 2.45 bits per heavy atom. The van der Waals surface area contributed by atoms with Crippen molar-refractivity contribution >= 4 is 17.6 Å². The summed E-state index contributed by atoms with van der Waals surface area (Å²) >= 11 is 6.00. The second-order valence-corrected chi connectivity index (χ2v) is 5.13. The molecule has 2 aromatic carbocycles. The number of benzene rings is 2. The first kappa shape index (κ1) is 14.6. The first-order chi connectivity index (χ1) is 9.60. The molecule has 0 aliphatic carbocycles. The fourth-order valence-corrected chi connectivity index (χ4v) is 2.36. The molecule has 0 saturated carbocycles. The maximum absolute atomic E-state index is 10.8. The van der Waals surface area contributed by atoms with Gasteiger partial charge in [0.25, 0.3) is 0 Å². The van der Waals surface area contributed by atoms with Crippen LogP contribution in [0.25, 0.3) is 0 Å². The lowest BCUT2D eigenvalue weighted by atomic mass is 9.92. The number of aromatic carboxylic acids is 1. The minimum atomic E-state index is -0.915. The van der Waals surface area contributed by atoms with Gasteiger partial charge in [-0.3, -0.25) is 0 Å². The molecule has 0 aromatic heterocycles. The van der Waals surface area contributed by atoms with E-state index in [-0.39, 0.29) is 5.92 Å². The van der Waals surface area contributed by atoms with Crippen LogP contribution in [-0.2, 0) is 6.42 Å². The van der Waals surface area contributed by atoms with E-state index in [4.69, 9.17) is 22.4 Å². The molecule has 0 fully saturated rings. The number of hydrogen-bond acceptors (Lipinski definition) is 2. The zero-order valence-corrected chi connectivity index (χ0v) is 11.7. The van der Waals surface area contributed by atoms with E-state index < -0.39 is 5.97 Å². The van der Waals surface area contributed by atoms with Gasteiger partial charge in [-0.1, -0.05) is 35.9 Å². The van der Waals surface area contributed by atoms with Crippen molar-refractivity contribution in [3.8, 4) is 0 Å². The summed E-state index contributed by atoms with van der Waals surface area (Å²) in [5, 5.41) is 9.57. The first-order valence-electron chi connectivity index (χ1n) is 6.38. The summed E-state index contributed by atoms with van der Waals surface area (Å²) in [5.41, 5.74) is 8.30. The van der Waals surface area contributed by atoms with Gasteiger partial charge in [-0.2, -0.15) is 0 Å². The number of halogens is 1. The van der Waals surface area contributed by atoms with Gasteiger partial charge in [0.05, 0.1) is 5.56 Å². The third-order valence-electron chi connectivity index (χ3n) is 3.29. The van der Waals surface area contributed by atoms with E-state index >= 15 is 0 Å². The monoisotopic (exact) mass is 289 g/mol. The summed E-state index contributed by atoms with van der Waals surface area (Å²) in [7, 11) is 0. The van der Waals surface area contributed by atoms with E-state index in [2.05, 4.69) is 0 Å². The van der Waals surface area contributed by atoms with Crippen LogP contribution in [0.5, 0.6) is 0 Å². The fourth-order valence-electron chi connectivity index (χ4n) is 2.17. The van der Waals surface area contributed by atoms with Crippen molar-refractivity contribution < 1.29 is 9.90 Å². The van der Waals surface area contributed by atoms with Crippen LogP contribution in [0.2, 0.25) is 5.02 Å². The standard InChI is InChI=1S/C16H16ClNO2/c17-15-3-1-2-13(9-15)14(10-18)8-11-4-6-12(7-5-11)16(19)20/h1-7,9,14H,8,10,18H2,(H,19,20). The van der Waals surface area contributed by atoms with Crippen molar-refractivity contribution in [1.29, 1.82) is 0 Å². The zero-order chi connectivity index (χ0) is 14.5. The minimum Gasteiger partial charge on any atom is -0.478 e. The van der Waals surface area contributed by atoms with Crippen LogP contribution in [0.3, 0.4) is 0 Å². The van der Waals surface area contributed by atoms with Crippen LogP contribution < -0.4 is 5.73 Å². The maximum atomic E-state index is 10.8. The van der Waals surface area contributed by atoms with Gasteiger partial charge in [0.1, 0.15) is 0 Å². The largest absolute Gasteiger partial charge is 0.478 e. The number of rotatable bonds is 5. The van der Waals surface area contributed by atoms with E-state index in [0.717, 1.165) is 17.5 Å². The van der Waals surface area contributed by atoms with Crippen LogP contribution in [0, 0.1) is 0 Å². The fraction of sp³-hybridized carbons (Fsp3) is 0.188. The Labute approximate surface area is 123 Å². The summed E-state index contributed by atoms with van der Waals surface area (Å²) in [5.74, 6) is -0.744. The summed E-state index contributed by atoms with van der Waals surface area (Å²) in [4.78, 5) is 10.8. The number of carboxylic acid groups (broad SMARTS) is 1. The number of hydrogen-bond donors (Lipinski definition) is 2. The van der Waals surface area contributed by atoms with Crippen molar-refractivity contribution in [3.63, 3.8) is 0 Å². The second-order valence-electron chi connectivity index (χ2n) is 4.69. The third kappa shape index (κ3) is 3.59. The molecule has 2 aromatic rings. The summed E-state index contributed by atoms with van der Waals surface area (Å²) < 4.78 is 0. The lowest BCUT2D eigenvalue weighted by Crippen LogP contribution is -2.15. The lowest BCUT2D eigenvalue weighted by Gasteiger charge is -2.15. The molecule has 0 aliphatic heterocycles. The average Bonchev–Trinajstić information content (AvgIpc) is 2.45. The predicted molar refractivity (Wildman–Crippen MR) is 80.4 cm³/mol. The summed E-state index contributed by atoms with van der Waals surface area (Å²) in [6.45, 7) is 0.515. The molecule has 104 valence electrons. The molecule has 0 heterocycles. The first-order valence-corrected chi connectivity index (χ1v) is 6.75. The molecular weight excluding hydrogens is 274 g/mol. The van der Waals surface area contributed by atoms with Crippen LogP contribution in [0.15, 0.2) is 48.5 Å². The maximum Gasteiger partial charge on any atom is 0.335 e. The lowest BCUT2D eigenvalue weighted by molar-refractivity contribution is 0.0697. The molecule has 0 radical (unpaired) electrons. The van der Waals surface area contributed by atoms with Crippen LogP contribution in [-0.4, -0.2) is 17.6 Å². The molecule has 1 unspecified atom stereocenters. The van der Waals surface area contributed by atoms with Crippen LogP contribution in [0.4, 0.5) is 0 Å². The highest BCUT2D eigenvalue weighted by atomic mass is 35.5. The molecule has 3 nitrogen and oxygen atoms in total. The third-order valence-corrected chi connectivity index (χ3v) is 3.52. The van der Waals surface area contributed by atoms with Gasteiger partial charge in [-0.15, -0.1) is 0 Å². The van der Waals surface area contributed by atoms with E-state index in [0.29, 0.717) is 17.1 Å². The molecule has 2 rings (SSSR count). The molecule has 0 saturated heterocycles. The normalized spacial score (nSPS) is 12.1. The smallest absolute Gasteiger partial charge is 0.335 e. The van der Waals surface area contributed by atoms with Crippen molar-refractivity contribution in [2.24, 2.45) is 5.73 Å². The Bertz CT molecular complexity index is 596. The number of carbonyl (C=O) groups is 1. The highest BCUT2D eigenvalue weighted by molar-refractivity contribution is 6.30. The van der Waals surface area contributed by atoms with Crippen molar-refractivity contribution in [2.75, 3.05) is 6.54 Å². The molecular formula is C16H16ClNO2. The van der Waals surface area contributed by atoms with Gasteiger partial charge in [0, 0.05) is 10.9 Å². The van der Waals surface area contributed by atoms with E-state index in [1.165, 1.54) is 0 Å². The van der Waals surface area contributed by atoms with Gasteiger partial charge < -0.3 is 10.8 Å². The summed E-state index contributed by atoms with van der Waals surface area (Å²) in [6, 6.07) is 14.6. The molecule has 0 aliphatic rings. The highest BCUT2D eigenvalue weighted by Crippen LogP contribution is 2.23. The molecule has 4 heteroatoms. The Morgan fingerprint density at radius 1 is 1.20 bits per heavy atom. The molecule has 1 atom stereocenters. The SMILES string of the molecule is NCC(Cc1ccc(C(=O)O)cc1)c1cccc(Cl)c1. The molecule has 0 spiro atoms. The Morgan fingerprint density at radius 2 is 1.90 bits per heavy atom. The average molecular weight is 290 g/mol. The van der Waals surface area contributed by atoms with E-state index in [9.17, 15) is 4.79 Å². The van der Waals surface area contributed by atoms with Crippen molar-refractivity contribution in [3.05, 3.63) is 70.2 Å². The number of nitrogens with two attached hydrogens (primary N) is 1. The zero-order valence-electron chi connectivity index (χ0n) is 10.9. The number of carboxylic acids is 1. The van der Waals surface area contributed by atoms with Gasteiger partial charge >= 0.3 is 5.97 Å². The topological polar surface area (TPSA) is 63.3 Å². The van der Waals surface area contributed by atoms with Crippen molar-refractivity contribution in [2.45, 2.75) is 12.3 Å². The van der Waals surface area contributed by atoms with Gasteiger partial charge in [0.15, 0.2) is 0 Å². The van der Waals surface area contributed by atoms with Crippen LogP contribution >= 0.6 is 11.6 Å². The van der Waals surface area contributed by atoms with Crippen LogP contribution in [0.1, 0.15) is 27.4 Å². The Hall–Kier alpha value is -1.84. The summed E-state index contributed by atoms with van der Waals surface area (Å²) in [6.07, 6.45) is 0.761. The molecule has 0 amide bonds. The van der Waals surface area contributed by atoms with Gasteiger partial charge in [-0.05, 0) is 48.4 Å². The molecule has 0 bridgehead atoms.